The Bertz CT molecular complexity index is 951. The maximum Gasteiger partial charge on any atom is 0.225 e. The predicted molar refractivity (Wildman–Crippen MR) is 111 cm³/mol. The third-order valence-electron chi connectivity index (χ3n) is 5.20. The van der Waals surface area contributed by atoms with Gasteiger partial charge in [0.2, 0.25) is 5.95 Å². The molecule has 1 fully saturated rings. The van der Waals surface area contributed by atoms with Crippen LogP contribution in [-0.2, 0) is 0 Å². The Hall–Kier alpha value is -2.77. The van der Waals surface area contributed by atoms with Crippen molar-refractivity contribution < 1.29 is 0 Å². The second kappa shape index (κ2) is 7.69. The Morgan fingerprint density at radius 3 is 2.64 bits per heavy atom. The molecule has 28 heavy (non-hydrogen) atoms. The van der Waals surface area contributed by atoms with E-state index >= 15 is 0 Å². The molecule has 3 aromatic rings. The van der Waals surface area contributed by atoms with Crippen molar-refractivity contribution in [2.75, 3.05) is 18.5 Å². The van der Waals surface area contributed by atoms with Gasteiger partial charge in [-0.15, -0.1) is 0 Å². The van der Waals surface area contributed by atoms with Gasteiger partial charge in [-0.2, -0.15) is 5.10 Å². The van der Waals surface area contributed by atoms with Crippen molar-refractivity contribution in [3.8, 4) is 16.9 Å². The largest absolute Gasteiger partial charge is 0.342 e. The number of hydrogen-bond donors (Lipinski definition) is 2. The number of aromatic nitrogens is 4. The van der Waals surface area contributed by atoms with Gasteiger partial charge >= 0.3 is 0 Å². The highest BCUT2D eigenvalue weighted by molar-refractivity contribution is 5.66. The van der Waals surface area contributed by atoms with Gasteiger partial charge in [0.15, 0.2) is 0 Å². The average Bonchev–Trinajstić information content (AvgIpc) is 3.24. The minimum atomic E-state index is 0.386. The molecule has 1 saturated heterocycles. The number of nitrogens with zero attached hydrogens (tertiary/aromatic N) is 5. The molecule has 146 valence electrons. The second-order valence-corrected chi connectivity index (χ2v) is 7.54. The molecule has 0 spiro atoms. The molecule has 2 unspecified atom stereocenters. The topological polar surface area (TPSA) is 70.9 Å². The molecule has 0 bridgehead atoms. The average molecular weight is 377 g/mol. The Morgan fingerprint density at radius 2 is 1.93 bits per heavy atom. The van der Waals surface area contributed by atoms with E-state index < -0.39 is 0 Å². The van der Waals surface area contributed by atoms with Crippen molar-refractivity contribution in [2.45, 2.75) is 39.3 Å². The molecule has 1 aliphatic rings. The summed E-state index contributed by atoms with van der Waals surface area (Å²) in [4.78, 5) is 11.4. The van der Waals surface area contributed by atoms with Crippen LogP contribution in [0.3, 0.4) is 0 Å². The maximum absolute atomic E-state index is 4.85. The summed E-state index contributed by atoms with van der Waals surface area (Å²) in [6.07, 6.45) is 2.92. The first-order valence-electron chi connectivity index (χ1n) is 9.70. The van der Waals surface area contributed by atoms with Gasteiger partial charge in [-0.1, -0.05) is 18.2 Å². The van der Waals surface area contributed by atoms with E-state index in [1.54, 1.807) is 0 Å². The fourth-order valence-corrected chi connectivity index (χ4v) is 3.84. The fraction of sp³-hybridized carbons (Fsp3) is 0.381. The molecule has 4 rings (SSSR count). The van der Waals surface area contributed by atoms with E-state index in [0.717, 1.165) is 47.2 Å². The summed E-state index contributed by atoms with van der Waals surface area (Å²) in [5, 5.41) is 4.75. The van der Waals surface area contributed by atoms with Crippen molar-refractivity contribution in [1.82, 2.24) is 30.6 Å². The summed E-state index contributed by atoms with van der Waals surface area (Å²) >= 11 is 0. The number of para-hydroxylation sites is 1. The van der Waals surface area contributed by atoms with Crippen LogP contribution in [0.25, 0.3) is 16.9 Å². The first kappa shape index (κ1) is 18.6. The highest BCUT2D eigenvalue weighted by atomic mass is 15.4. The Labute approximate surface area is 165 Å². The van der Waals surface area contributed by atoms with Gasteiger partial charge in [-0.25, -0.2) is 14.6 Å². The molecule has 2 atom stereocenters. The molecule has 2 N–H and O–H groups in total. The normalized spacial score (nSPS) is 19.1. The molecular formula is C21H27N7. The van der Waals surface area contributed by atoms with E-state index in [4.69, 9.17) is 10.1 Å². The van der Waals surface area contributed by atoms with E-state index in [2.05, 4.69) is 46.7 Å². The second-order valence-electron chi connectivity index (χ2n) is 7.54. The van der Waals surface area contributed by atoms with Gasteiger partial charge < -0.3 is 4.90 Å². The number of aryl methyl sites for hydroxylation is 1. The molecular weight excluding hydrogens is 350 g/mol. The predicted octanol–water partition coefficient (Wildman–Crippen LogP) is 2.64. The summed E-state index contributed by atoms with van der Waals surface area (Å²) in [5.74, 6) is 0.727. The SMILES string of the molecule is Cc1nn(-c2ccccc2)c(C)c1-c1ccnc(N(C)CC2CC(C)NN2)n1. The summed E-state index contributed by atoms with van der Waals surface area (Å²) in [6, 6.07) is 13.0. The Morgan fingerprint density at radius 1 is 1.14 bits per heavy atom. The van der Waals surface area contributed by atoms with Gasteiger partial charge in [0.05, 0.1) is 22.8 Å². The van der Waals surface area contributed by atoms with Gasteiger partial charge in [-0.3, -0.25) is 10.9 Å². The molecule has 2 aromatic heterocycles. The van der Waals surface area contributed by atoms with E-state index in [-0.39, 0.29) is 0 Å². The van der Waals surface area contributed by atoms with Gasteiger partial charge in [0, 0.05) is 37.4 Å². The van der Waals surface area contributed by atoms with E-state index in [1.807, 2.05) is 49.1 Å². The Kier molecular flexibility index (Phi) is 5.11. The van der Waals surface area contributed by atoms with Crippen LogP contribution in [0, 0.1) is 13.8 Å². The van der Waals surface area contributed by atoms with Crippen LogP contribution in [0.5, 0.6) is 0 Å². The van der Waals surface area contributed by atoms with Crippen molar-refractivity contribution in [3.05, 3.63) is 54.0 Å². The zero-order valence-corrected chi connectivity index (χ0v) is 16.8. The number of hydrazine groups is 1. The first-order valence-corrected chi connectivity index (χ1v) is 9.70. The lowest BCUT2D eigenvalue weighted by Crippen LogP contribution is -2.39. The third-order valence-corrected chi connectivity index (χ3v) is 5.20. The number of rotatable bonds is 5. The fourth-order valence-electron chi connectivity index (χ4n) is 3.84. The molecule has 3 heterocycles. The van der Waals surface area contributed by atoms with Gasteiger partial charge in [0.25, 0.3) is 0 Å². The van der Waals surface area contributed by atoms with E-state index in [1.165, 1.54) is 0 Å². The van der Waals surface area contributed by atoms with Crippen molar-refractivity contribution in [3.63, 3.8) is 0 Å². The third kappa shape index (κ3) is 3.63. The summed E-state index contributed by atoms with van der Waals surface area (Å²) in [6.45, 7) is 7.15. The molecule has 7 nitrogen and oxygen atoms in total. The zero-order chi connectivity index (χ0) is 19.7. The summed E-state index contributed by atoms with van der Waals surface area (Å²) in [5.41, 5.74) is 11.7. The van der Waals surface area contributed by atoms with Crippen LogP contribution >= 0.6 is 0 Å². The van der Waals surface area contributed by atoms with Gasteiger partial charge in [0.1, 0.15) is 0 Å². The quantitative estimate of drug-likeness (QED) is 0.712. The first-order chi connectivity index (χ1) is 13.5. The highest BCUT2D eigenvalue weighted by Crippen LogP contribution is 2.28. The summed E-state index contributed by atoms with van der Waals surface area (Å²) in [7, 11) is 2.04. The standard InChI is InChI=1S/C21H27N7/c1-14-12-17(25-24-14)13-27(4)21-22-11-10-19(23-21)20-15(2)26-28(16(20)3)18-8-6-5-7-9-18/h5-11,14,17,24-25H,12-13H2,1-4H3. The van der Waals surface area contributed by atoms with Crippen molar-refractivity contribution in [1.29, 1.82) is 0 Å². The van der Waals surface area contributed by atoms with Crippen LogP contribution in [0.4, 0.5) is 5.95 Å². The van der Waals surface area contributed by atoms with Gasteiger partial charge in [-0.05, 0) is 45.4 Å². The van der Waals surface area contributed by atoms with Crippen LogP contribution in [-0.4, -0.2) is 45.4 Å². The number of benzene rings is 1. The lowest BCUT2D eigenvalue weighted by molar-refractivity contribution is 0.541. The minimum absolute atomic E-state index is 0.386. The zero-order valence-electron chi connectivity index (χ0n) is 16.8. The molecule has 0 amide bonds. The Balaban J connectivity index is 1.62. The van der Waals surface area contributed by atoms with Crippen molar-refractivity contribution >= 4 is 5.95 Å². The van der Waals surface area contributed by atoms with Crippen LogP contribution in [0.15, 0.2) is 42.6 Å². The molecule has 0 aliphatic carbocycles. The minimum Gasteiger partial charge on any atom is -0.342 e. The van der Waals surface area contributed by atoms with Crippen LogP contribution < -0.4 is 15.8 Å². The van der Waals surface area contributed by atoms with E-state index in [9.17, 15) is 0 Å². The highest BCUT2D eigenvalue weighted by Gasteiger charge is 2.23. The maximum atomic E-state index is 4.85. The van der Waals surface area contributed by atoms with Crippen molar-refractivity contribution in [2.24, 2.45) is 0 Å². The lowest BCUT2D eigenvalue weighted by Gasteiger charge is -2.21. The molecule has 7 heteroatoms. The molecule has 1 aromatic carbocycles. The molecule has 0 saturated carbocycles. The monoisotopic (exact) mass is 377 g/mol. The molecule has 0 radical (unpaired) electrons. The van der Waals surface area contributed by atoms with Crippen LogP contribution in [0.1, 0.15) is 24.7 Å². The van der Waals surface area contributed by atoms with Crippen LogP contribution in [0.2, 0.25) is 0 Å². The number of nitrogens with one attached hydrogen (secondary N) is 2. The smallest absolute Gasteiger partial charge is 0.225 e. The molecule has 1 aliphatic heterocycles. The number of anilines is 1. The summed E-state index contributed by atoms with van der Waals surface area (Å²) < 4.78 is 1.98. The lowest BCUT2D eigenvalue weighted by atomic mass is 10.1. The number of hydrogen-bond acceptors (Lipinski definition) is 6. The number of likely N-dealkylation sites (N-methyl/N-ethyl adjacent to an activating group) is 1. The van der Waals surface area contributed by atoms with E-state index in [0.29, 0.717) is 12.1 Å².